The maximum atomic E-state index is 4.73. The van der Waals surface area contributed by atoms with Gasteiger partial charge in [-0.2, -0.15) is 5.10 Å². The van der Waals surface area contributed by atoms with Crippen LogP contribution < -0.4 is 4.90 Å². The summed E-state index contributed by atoms with van der Waals surface area (Å²) in [5.41, 5.74) is 0.999. The minimum atomic E-state index is 0.777. The second-order valence-corrected chi connectivity index (χ2v) is 6.23. The van der Waals surface area contributed by atoms with Crippen LogP contribution in [0.3, 0.4) is 0 Å². The van der Waals surface area contributed by atoms with Crippen molar-refractivity contribution in [1.82, 2.24) is 34.6 Å². The first-order chi connectivity index (χ1) is 12.8. The van der Waals surface area contributed by atoms with Gasteiger partial charge in [-0.15, -0.1) is 0 Å². The van der Waals surface area contributed by atoms with Gasteiger partial charge in [0.25, 0.3) is 0 Å². The number of aromatic nitrogens is 6. The number of pyridine rings is 1. The zero-order valence-electron chi connectivity index (χ0n) is 14.9. The van der Waals surface area contributed by atoms with Crippen molar-refractivity contribution in [2.75, 3.05) is 31.1 Å². The fraction of sp³-hybridized carbons (Fsp3) is 0.389. The third kappa shape index (κ3) is 3.55. The van der Waals surface area contributed by atoms with E-state index in [9.17, 15) is 0 Å². The lowest BCUT2D eigenvalue weighted by atomic mass is 10.3. The molecule has 0 amide bonds. The number of anilines is 1. The highest BCUT2D eigenvalue weighted by molar-refractivity contribution is 5.30. The Hall–Kier alpha value is -2.87. The molecule has 8 nitrogen and oxygen atoms in total. The number of piperazine rings is 1. The molecule has 4 heterocycles. The second kappa shape index (κ2) is 7.57. The van der Waals surface area contributed by atoms with Crippen LogP contribution in [0.4, 0.5) is 5.95 Å². The topological polar surface area (TPSA) is 75.9 Å². The molecule has 0 saturated carbocycles. The lowest BCUT2D eigenvalue weighted by Crippen LogP contribution is -2.46. The van der Waals surface area contributed by atoms with Gasteiger partial charge in [0, 0.05) is 57.4 Å². The lowest BCUT2D eigenvalue weighted by Gasteiger charge is -2.34. The van der Waals surface area contributed by atoms with Crippen LogP contribution in [0.2, 0.25) is 0 Å². The van der Waals surface area contributed by atoms with Crippen molar-refractivity contribution in [3.05, 3.63) is 54.6 Å². The first kappa shape index (κ1) is 16.6. The summed E-state index contributed by atoms with van der Waals surface area (Å²) < 4.78 is 1.94. The number of aryl methyl sites for hydroxylation is 1. The van der Waals surface area contributed by atoms with Crippen molar-refractivity contribution >= 4 is 5.95 Å². The van der Waals surface area contributed by atoms with Gasteiger partial charge in [-0.05, 0) is 18.2 Å². The molecule has 3 aromatic heterocycles. The Morgan fingerprint density at radius 2 is 1.69 bits per heavy atom. The van der Waals surface area contributed by atoms with E-state index in [0.29, 0.717) is 0 Å². The standard InChI is InChI=1S/C18H22N8/c1-2-16-22-17(26(23-16)15-4-8-19-9-5-15)14-24-10-12-25(13-11-24)18-20-6-3-7-21-18/h3-9H,2,10-14H2,1H3. The fourth-order valence-corrected chi connectivity index (χ4v) is 3.10. The minimum absolute atomic E-state index is 0.777. The molecule has 1 saturated heterocycles. The van der Waals surface area contributed by atoms with E-state index in [-0.39, 0.29) is 0 Å². The summed E-state index contributed by atoms with van der Waals surface area (Å²) in [6, 6.07) is 5.77. The van der Waals surface area contributed by atoms with Crippen molar-refractivity contribution in [3.63, 3.8) is 0 Å². The molecule has 1 aliphatic rings. The van der Waals surface area contributed by atoms with Crippen molar-refractivity contribution in [3.8, 4) is 5.69 Å². The van der Waals surface area contributed by atoms with E-state index in [1.54, 1.807) is 24.8 Å². The summed E-state index contributed by atoms with van der Waals surface area (Å²) in [5, 5.41) is 4.65. The Balaban J connectivity index is 1.46. The van der Waals surface area contributed by atoms with E-state index in [4.69, 9.17) is 4.98 Å². The first-order valence-electron chi connectivity index (χ1n) is 8.93. The van der Waals surface area contributed by atoms with Crippen molar-refractivity contribution in [2.24, 2.45) is 0 Å². The van der Waals surface area contributed by atoms with Crippen molar-refractivity contribution < 1.29 is 0 Å². The Morgan fingerprint density at radius 3 is 2.38 bits per heavy atom. The number of hydrogen-bond acceptors (Lipinski definition) is 7. The molecule has 0 spiro atoms. The quantitative estimate of drug-likeness (QED) is 0.687. The molecule has 0 aromatic carbocycles. The lowest BCUT2D eigenvalue weighted by molar-refractivity contribution is 0.241. The SMILES string of the molecule is CCc1nc(CN2CCN(c3ncccn3)CC2)n(-c2ccncc2)n1. The van der Waals surface area contributed by atoms with Gasteiger partial charge >= 0.3 is 0 Å². The van der Waals surface area contributed by atoms with Crippen LogP contribution >= 0.6 is 0 Å². The van der Waals surface area contributed by atoms with Gasteiger partial charge in [-0.25, -0.2) is 19.6 Å². The summed E-state index contributed by atoms with van der Waals surface area (Å²) in [5.74, 6) is 2.64. The van der Waals surface area contributed by atoms with Crippen molar-refractivity contribution in [1.29, 1.82) is 0 Å². The van der Waals surface area contributed by atoms with Gasteiger partial charge in [-0.3, -0.25) is 9.88 Å². The molecule has 0 bridgehead atoms. The molecule has 0 radical (unpaired) electrons. The van der Waals surface area contributed by atoms with Crippen LogP contribution in [0.5, 0.6) is 0 Å². The predicted octanol–water partition coefficient (Wildman–Crippen LogP) is 1.34. The normalized spacial score (nSPS) is 15.3. The summed E-state index contributed by atoms with van der Waals surface area (Å²) in [7, 11) is 0. The maximum Gasteiger partial charge on any atom is 0.225 e. The van der Waals surface area contributed by atoms with Crippen LogP contribution in [-0.4, -0.2) is 60.8 Å². The summed E-state index contributed by atoms with van der Waals surface area (Å²) in [6.45, 7) is 6.57. The van der Waals surface area contributed by atoms with Gasteiger partial charge in [0.2, 0.25) is 5.95 Å². The molecule has 1 aliphatic heterocycles. The smallest absolute Gasteiger partial charge is 0.225 e. The third-order valence-electron chi connectivity index (χ3n) is 4.51. The predicted molar refractivity (Wildman–Crippen MR) is 98.1 cm³/mol. The molecule has 3 aromatic rings. The first-order valence-corrected chi connectivity index (χ1v) is 8.93. The summed E-state index contributed by atoms with van der Waals surface area (Å²) in [4.78, 5) is 22.1. The zero-order chi connectivity index (χ0) is 17.8. The molecular formula is C18H22N8. The van der Waals surface area contributed by atoms with Crippen LogP contribution in [0.1, 0.15) is 18.6 Å². The molecule has 8 heteroatoms. The van der Waals surface area contributed by atoms with E-state index in [1.807, 2.05) is 22.9 Å². The van der Waals surface area contributed by atoms with E-state index in [2.05, 4.69) is 36.8 Å². The highest BCUT2D eigenvalue weighted by atomic mass is 15.4. The van der Waals surface area contributed by atoms with Crippen LogP contribution in [0, 0.1) is 0 Å². The van der Waals surface area contributed by atoms with E-state index < -0.39 is 0 Å². The molecule has 0 atom stereocenters. The second-order valence-electron chi connectivity index (χ2n) is 6.23. The fourth-order valence-electron chi connectivity index (χ4n) is 3.10. The number of hydrogen-bond donors (Lipinski definition) is 0. The Kier molecular flexibility index (Phi) is 4.83. The van der Waals surface area contributed by atoms with E-state index in [1.165, 1.54) is 0 Å². The average Bonchev–Trinajstić information content (AvgIpc) is 3.13. The van der Waals surface area contributed by atoms with Gasteiger partial charge in [0.15, 0.2) is 5.82 Å². The van der Waals surface area contributed by atoms with Gasteiger partial charge < -0.3 is 4.90 Å². The number of nitrogens with zero attached hydrogens (tertiary/aromatic N) is 8. The van der Waals surface area contributed by atoms with Crippen LogP contribution in [0.15, 0.2) is 43.0 Å². The Bertz CT molecular complexity index is 825. The molecule has 4 rings (SSSR count). The minimum Gasteiger partial charge on any atom is -0.338 e. The van der Waals surface area contributed by atoms with Gasteiger partial charge in [-0.1, -0.05) is 6.92 Å². The van der Waals surface area contributed by atoms with Crippen LogP contribution in [0.25, 0.3) is 5.69 Å². The molecule has 0 N–H and O–H groups in total. The maximum absolute atomic E-state index is 4.73. The van der Waals surface area contributed by atoms with E-state index >= 15 is 0 Å². The Morgan fingerprint density at radius 1 is 0.962 bits per heavy atom. The Labute approximate surface area is 152 Å². The average molecular weight is 350 g/mol. The van der Waals surface area contributed by atoms with Crippen molar-refractivity contribution in [2.45, 2.75) is 19.9 Å². The summed E-state index contributed by atoms with van der Waals surface area (Å²) in [6.07, 6.45) is 7.97. The molecule has 0 unspecified atom stereocenters. The highest BCUT2D eigenvalue weighted by Gasteiger charge is 2.21. The molecule has 134 valence electrons. The van der Waals surface area contributed by atoms with Gasteiger partial charge in [0.05, 0.1) is 12.2 Å². The number of rotatable bonds is 5. The molecule has 1 fully saturated rings. The monoisotopic (exact) mass is 350 g/mol. The van der Waals surface area contributed by atoms with Gasteiger partial charge in [0.1, 0.15) is 5.82 Å². The third-order valence-corrected chi connectivity index (χ3v) is 4.51. The molecule has 0 aliphatic carbocycles. The molecular weight excluding hydrogens is 328 g/mol. The molecule has 26 heavy (non-hydrogen) atoms. The summed E-state index contributed by atoms with van der Waals surface area (Å²) >= 11 is 0. The van der Waals surface area contributed by atoms with Crippen LogP contribution in [-0.2, 0) is 13.0 Å². The largest absolute Gasteiger partial charge is 0.338 e. The zero-order valence-corrected chi connectivity index (χ0v) is 14.9. The van der Waals surface area contributed by atoms with E-state index in [0.717, 1.165) is 62.4 Å². The highest BCUT2D eigenvalue weighted by Crippen LogP contribution is 2.14.